The summed E-state index contributed by atoms with van der Waals surface area (Å²) in [4.78, 5) is 11.7. The van der Waals surface area contributed by atoms with Crippen molar-refractivity contribution in [3.8, 4) is 5.75 Å². The first-order valence-electron chi connectivity index (χ1n) is 5.94. The van der Waals surface area contributed by atoms with Crippen LogP contribution in [0.15, 0.2) is 24.3 Å². The van der Waals surface area contributed by atoms with E-state index in [1.165, 1.54) is 0 Å². The zero-order valence-corrected chi connectivity index (χ0v) is 10.7. The van der Waals surface area contributed by atoms with Gasteiger partial charge in [0.2, 0.25) is 0 Å². The molecule has 1 aromatic carbocycles. The quantitative estimate of drug-likeness (QED) is 0.730. The number of carbonyl (C=O) groups is 1. The summed E-state index contributed by atoms with van der Waals surface area (Å²) in [5.41, 5.74) is 1.14. The summed E-state index contributed by atoms with van der Waals surface area (Å²) in [5.74, 6) is 0.991. The van der Waals surface area contributed by atoms with Crippen LogP contribution >= 0.6 is 0 Å². The topological polar surface area (TPSA) is 35.5 Å². The molecule has 0 amide bonds. The Morgan fingerprint density at radius 1 is 1.29 bits per heavy atom. The van der Waals surface area contributed by atoms with Crippen LogP contribution in [0.3, 0.4) is 0 Å². The van der Waals surface area contributed by atoms with Gasteiger partial charge in [0.05, 0.1) is 7.11 Å². The highest BCUT2D eigenvalue weighted by atomic mass is 16.5. The molecule has 1 rings (SSSR count). The summed E-state index contributed by atoms with van der Waals surface area (Å²) in [7, 11) is 1.64. The Labute approximate surface area is 103 Å². The fourth-order valence-corrected chi connectivity index (χ4v) is 1.61. The van der Waals surface area contributed by atoms with E-state index in [0.717, 1.165) is 17.7 Å². The van der Waals surface area contributed by atoms with Gasteiger partial charge in [0.25, 0.3) is 0 Å². The van der Waals surface area contributed by atoms with Gasteiger partial charge in [-0.2, -0.15) is 0 Å². The van der Waals surface area contributed by atoms with Crippen LogP contribution < -0.4 is 4.74 Å². The average Bonchev–Trinajstić information content (AvgIpc) is 2.36. The highest BCUT2D eigenvalue weighted by molar-refractivity contribution is 5.82. The molecule has 1 atom stereocenters. The summed E-state index contributed by atoms with van der Waals surface area (Å²) in [6, 6.07) is 7.78. The zero-order chi connectivity index (χ0) is 12.7. The highest BCUT2D eigenvalue weighted by Crippen LogP contribution is 2.13. The van der Waals surface area contributed by atoms with Gasteiger partial charge in [-0.15, -0.1) is 0 Å². The average molecular weight is 236 g/mol. The van der Waals surface area contributed by atoms with Crippen molar-refractivity contribution in [1.29, 1.82) is 0 Å². The van der Waals surface area contributed by atoms with Crippen LogP contribution in [0.2, 0.25) is 0 Å². The van der Waals surface area contributed by atoms with Crippen molar-refractivity contribution < 1.29 is 14.3 Å². The van der Waals surface area contributed by atoms with Gasteiger partial charge < -0.3 is 9.47 Å². The monoisotopic (exact) mass is 236 g/mol. The molecule has 0 heterocycles. The fourth-order valence-electron chi connectivity index (χ4n) is 1.61. The van der Waals surface area contributed by atoms with E-state index in [0.29, 0.717) is 13.0 Å². The molecule has 0 spiro atoms. The standard InChI is InChI=1S/C14H20O3/c1-4-17-11(2)14(15)10-7-12-5-8-13(16-3)9-6-12/h5-6,8-9,11H,4,7,10H2,1-3H3. The number of hydrogen-bond donors (Lipinski definition) is 0. The maximum Gasteiger partial charge on any atom is 0.161 e. The van der Waals surface area contributed by atoms with Crippen LogP contribution in [0.4, 0.5) is 0 Å². The van der Waals surface area contributed by atoms with E-state index in [1.54, 1.807) is 14.0 Å². The largest absolute Gasteiger partial charge is 0.497 e. The van der Waals surface area contributed by atoms with E-state index < -0.39 is 0 Å². The van der Waals surface area contributed by atoms with Crippen LogP contribution in [0.25, 0.3) is 0 Å². The first-order chi connectivity index (χ1) is 8.17. The number of aryl methyl sites for hydroxylation is 1. The Morgan fingerprint density at radius 2 is 1.94 bits per heavy atom. The first kappa shape index (κ1) is 13.7. The van der Waals surface area contributed by atoms with Crippen molar-refractivity contribution in [2.75, 3.05) is 13.7 Å². The van der Waals surface area contributed by atoms with Gasteiger partial charge in [0.1, 0.15) is 11.9 Å². The van der Waals surface area contributed by atoms with Crippen molar-refractivity contribution in [1.82, 2.24) is 0 Å². The zero-order valence-electron chi connectivity index (χ0n) is 10.7. The Balaban J connectivity index is 2.41. The molecule has 3 nitrogen and oxygen atoms in total. The molecule has 1 unspecified atom stereocenters. The third kappa shape index (κ3) is 4.57. The summed E-state index contributed by atoms with van der Waals surface area (Å²) >= 11 is 0. The minimum atomic E-state index is -0.293. The molecule has 17 heavy (non-hydrogen) atoms. The van der Waals surface area contributed by atoms with Crippen molar-refractivity contribution in [3.63, 3.8) is 0 Å². The molecule has 0 saturated heterocycles. The van der Waals surface area contributed by atoms with Crippen LogP contribution in [0, 0.1) is 0 Å². The molecule has 94 valence electrons. The predicted octanol–water partition coefficient (Wildman–Crippen LogP) is 2.62. The first-order valence-corrected chi connectivity index (χ1v) is 5.94. The Hall–Kier alpha value is -1.35. The summed E-state index contributed by atoms with van der Waals surface area (Å²) < 4.78 is 10.3. The van der Waals surface area contributed by atoms with E-state index in [1.807, 2.05) is 31.2 Å². The maximum absolute atomic E-state index is 11.7. The molecule has 0 N–H and O–H groups in total. The van der Waals surface area contributed by atoms with Crippen molar-refractivity contribution in [3.05, 3.63) is 29.8 Å². The van der Waals surface area contributed by atoms with Gasteiger partial charge in [-0.3, -0.25) is 4.79 Å². The van der Waals surface area contributed by atoms with Crippen LogP contribution in [-0.2, 0) is 16.0 Å². The predicted molar refractivity (Wildman–Crippen MR) is 67.4 cm³/mol. The molecule has 0 aromatic heterocycles. The third-order valence-electron chi connectivity index (χ3n) is 2.69. The molecule has 0 aliphatic heterocycles. The molecule has 0 saturated carbocycles. The molecule has 1 aromatic rings. The number of rotatable bonds is 7. The second-order valence-electron chi connectivity index (χ2n) is 3.91. The SMILES string of the molecule is CCOC(C)C(=O)CCc1ccc(OC)cc1. The Morgan fingerprint density at radius 3 is 2.47 bits per heavy atom. The van der Waals surface area contributed by atoms with Crippen molar-refractivity contribution >= 4 is 5.78 Å². The number of hydrogen-bond acceptors (Lipinski definition) is 3. The fraction of sp³-hybridized carbons (Fsp3) is 0.500. The maximum atomic E-state index is 11.7. The normalized spacial score (nSPS) is 12.2. The van der Waals surface area contributed by atoms with Gasteiger partial charge in [-0.25, -0.2) is 0 Å². The Bertz CT molecular complexity index is 343. The van der Waals surface area contributed by atoms with E-state index in [-0.39, 0.29) is 11.9 Å². The lowest BCUT2D eigenvalue weighted by Gasteiger charge is -2.10. The van der Waals surface area contributed by atoms with Crippen LogP contribution in [0.5, 0.6) is 5.75 Å². The summed E-state index contributed by atoms with van der Waals surface area (Å²) in [6.45, 7) is 4.28. The number of methoxy groups -OCH3 is 1. The van der Waals surface area contributed by atoms with Crippen LogP contribution in [0.1, 0.15) is 25.8 Å². The molecule has 0 radical (unpaired) electrons. The smallest absolute Gasteiger partial charge is 0.161 e. The number of ketones is 1. The minimum absolute atomic E-state index is 0.155. The lowest BCUT2D eigenvalue weighted by atomic mass is 10.1. The molecule has 0 aliphatic carbocycles. The molecular formula is C14H20O3. The van der Waals surface area contributed by atoms with Crippen molar-refractivity contribution in [2.24, 2.45) is 0 Å². The van der Waals surface area contributed by atoms with E-state index in [4.69, 9.17) is 9.47 Å². The minimum Gasteiger partial charge on any atom is -0.497 e. The van der Waals surface area contributed by atoms with E-state index in [2.05, 4.69) is 0 Å². The third-order valence-corrected chi connectivity index (χ3v) is 2.69. The van der Waals surface area contributed by atoms with Crippen molar-refractivity contribution in [2.45, 2.75) is 32.8 Å². The van der Waals surface area contributed by atoms with Gasteiger partial charge in [0, 0.05) is 13.0 Å². The van der Waals surface area contributed by atoms with E-state index in [9.17, 15) is 4.79 Å². The molecule has 0 fully saturated rings. The second kappa shape index (κ2) is 7.07. The van der Waals surface area contributed by atoms with Gasteiger partial charge in [-0.05, 0) is 38.0 Å². The molecule has 3 heteroatoms. The number of Topliss-reactive ketones (excluding diaryl/α,β-unsaturated/α-hetero) is 1. The lowest BCUT2D eigenvalue weighted by molar-refractivity contribution is -0.129. The highest BCUT2D eigenvalue weighted by Gasteiger charge is 2.12. The number of ether oxygens (including phenoxy) is 2. The molecule has 0 bridgehead atoms. The second-order valence-corrected chi connectivity index (χ2v) is 3.91. The van der Waals surface area contributed by atoms with Gasteiger partial charge >= 0.3 is 0 Å². The van der Waals surface area contributed by atoms with E-state index >= 15 is 0 Å². The number of benzene rings is 1. The van der Waals surface area contributed by atoms with Gasteiger partial charge in [-0.1, -0.05) is 12.1 Å². The summed E-state index contributed by atoms with van der Waals surface area (Å²) in [5, 5.41) is 0. The molecular weight excluding hydrogens is 216 g/mol. The lowest BCUT2D eigenvalue weighted by Crippen LogP contribution is -2.20. The molecule has 0 aliphatic rings. The Kier molecular flexibility index (Phi) is 5.70. The summed E-state index contributed by atoms with van der Waals surface area (Å²) in [6.07, 6.45) is 0.978. The number of carbonyl (C=O) groups excluding carboxylic acids is 1. The van der Waals surface area contributed by atoms with Crippen LogP contribution in [-0.4, -0.2) is 25.6 Å². The van der Waals surface area contributed by atoms with Gasteiger partial charge in [0.15, 0.2) is 5.78 Å².